The predicted octanol–water partition coefficient (Wildman–Crippen LogP) is 4.54. The van der Waals surface area contributed by atoms with Crippen molar-refractivity contribution in [3.63, 3.8) is 0 Å². The molecule has 5 nitrogen and oxygen atoms in total. The number of carbonyl (C=O) groups is 1. The summed E-state index contributed by atoms with van der Waals surface area (Å²) in [6.07, 6.45) is 6.19. The van der Waals surface area contributed by atoms with Gasteiger partial charge in [-0.2, -0.15) is 0 Å². The van der Waals surface area contributed by atoms with Gasteiger partial charge in [-0.15, -0.1) is 10.2 Å². The van der Waals surface area contributed by atoms with Crippen molar-refractivity contribution in [2.24, 2.45) is 0 Å². The van der Waals surface area contributed by atoms with Crippen LogP contribution in [0.3, 0.4) is 0 Å². The van der Waals surface area contributed by atoms with Crippen LogP contribution in [-0.2, 0) is 0 Å². The zero-order chi connectivity index (χ0) is 16.9. The van der Waals surface area contributed by atoms with Crippen LogP contribution < -0.4 is 10.6 Å². The molecule has 1 fully saturated rings. The average Bonchev–Trinajstić information content (AvgIpc) is 2.59. The number of hydrogen-bond donors (Lipinski definition) is 2. The van der Waals surface area contributed by atoms with Gasteiger partial charge in [-0.3, -0.25) is 4.79 Å². The largest absolute Gasteiger partial charge is 0.366 e. The minimum atomic E-state index is -0.253. The summed E-state index contributed by atoms with van der Waals surface area (Å²) in [6, 6.07) is 9.72. The molecule has 0 saturated heterocycles. The lowest BCUT2D eigenvalue weighted by Gasteiger charge is -2.22. The van der Waals surface area contributed by atoms with Crippen molar-refractivity contribution < 1.29 is 4.79 Å². The van der Waals surface area contributed by atoms with E-state index in [1.165, 1.54) is 32.1 Å². The molecular formula is C18H21BrN4O. The van der Waals surface area contributed by atoms with Crippen LogP contribution in [-0.4, -0.2) is 22.1 Å². The summed E-state index contributed by atoms with van der Waals surface area (Å²) in [7, 11) is 0. The van der Waals surface area contributed by atoms with E-state index in [1.54, 1.807) is 6.07 Å². The van der Waals surface area contributed by atoms with E-state index >= 15 is 0 Å². The highest BCUT2D eigenvalue weighted by molar-refractivity contribution is 9.10. The number of anilines is 2. The van der Waals surface area contributed by atoms with Crippen molar-refractivity contribution >= 4 is 33.3 Å². The Morgan fingerprint density at radius 2 is 1.92 bits per heavy atom. The normalized spacial score (nSPS) is 15.1. The lowest BCUT2D eigenvalue weighted by atomic mass is 9.95. The van der Waals surface area contributed by atoms with Gasteiger partial charge >= 0.3 is 0 Å². The molecule has 0 radical (unpaired) electrons. The van der Waals surface area contributed by atoms with Crippen LogP contribution in [0.4, 0.5) is 11.5 Å². The number of hydrogen-bond acceptors (Lipinski definition) is 4. The van der Waals surface area contributed by atoms with E-state index in [1.807, 2.05) is 31.2 Å². The summed E-state index contributed by atoms with van der Waals surface area (Å²) in [5.41, 5.74) is 2.07. The number of nitrogens with zero attached hydrogens (tertiary/aromatic N) is 2. The van der Waals surface area contributed by atoms with E-state index < -0.39 is 0 Å². The molecule has 126 valence electrons. The highest BCUT2D eigenvalue weighted by Gasteiger charge is 2.15. The highest BCUT2D eigenvalue weighted by atomic mass is 79.9. The van der Waals surface area contributed by atoms with Crippen LogP contribution in [0, 0.1) is 6.92 Å². The first-order valence-corrected chi connectivity index (χ1v) is 9.09. The predicted molar refractivity (Wildman–Crippen MR) is 99.4 cm³/mol. The number of benzene rings is 1. The van der Waals surface area contributed by atoms with Crippen LogP contribution in [0.25, 0.3) is 0 Å². The van der Waals surface area contributed by atoms with Gasteiger partial charge in [0.25, 0.3) is 5.91 Å². The maximum absolute atomic E-state index is 12.3. The van der Waals surface area contributed by atoms with E-state index in [-0.39, 0.29) is 5.91 Å². The van der Waals surface area contributed by atoms with Gasteiger partial charge in [0.2, 0.25) is 0 Å². The quantitative estimate of drug-likeness (QED) is 0.806. The lowest BCUT2D eigenvalue weighted by Crippen LogP contribution is -2.23. The van der Waals surface area contributed by atoms with E-state index in [2.05, 4.69) is 36.8 Å². The van der Waals surface area contributed by atoms with Crippen molar-refractivity contribution in [2.45, 2.75) is 45.1 Å². The Bertz CT molecular complexity index is 711. The summed E-state index contributed by atoms with van der Waals surface area (Å²) in [5.74, 6) is 0.482. The molecule has 6 heteroatoms. The second-order valence-corrected chi connectivity index (χ2v) is 7.11. The van der Waals surface area contributed by atoms with Gasteiger partial charge in [-0.25, -0.2) is 0 Å². The number of nitrogens with one attached hydrogen (secondary N) is 2. The second kappa shape index (κ2) is 7.75. The van der Waals surface area contributed by atoms with Gasteiger partial charge in [0.1, 0.15) is 5.82 Å². The number of aryl methyl sites for hydroxylation is 1. The molecule has 0 unspecified atom stereocenters. The number of rotatable bonds is 4. The molecule has 2 N–H and O–H groups in total. The fourth-order valence-corrected chi connectivity index (χ4v) is 3.42. The van der Waals surface area contributed by atoms with Crippen LogP contribution in [0.15, 0.2) is 34.8 Å². The first-order chi connectivity index (χ1) is 11.6. The van der Waals surface area contributed by atoms with Gasteiger partial charge in [0.15, 0.2) is 5.69 Å². The molecular weight excluding hydrogens is 368 g/mol. The van der Waals surface area contributed by atoms with Gasteiger partial charge in [-0.05, 0) is 55.7 Å². The van der Waals surface area contributed by atoms with Gasteiger partial charge in [0, 0.05) is 16.2 Å². The van der Waals surface area contributed by atoms with Crippen LogP contribution in [0.1, 0.15) is 48.2 Å². The summed E-state index contributed by atoms with van der Waals surface area (Å²) < 4.78 is 0.982. The topological polar surface area (TPSA) is 66.9 Å². The highest BCUT2D eigenvalue weighted by Crippen LogP contribution is 2.22. The molecule has 1 saturated carbocycles. The van der Waals surface area contributed by atoms with Crippen molar-refractivity contribution in [2.75, 3.05) is 10.6 Å². The fourth-order valence-electron chi connectivity index (χ4n) is 2.94. The summed E-state index contributed by atoms with van der Waals surface area (Å²) in [6.45, 7) is 1.95. The summed E-state index contributed by atoms with van der Waals surface area (Å²) in [5, 5.41) is 14.5. The number of halogens is 1. The molecule has 0 aliphatic heterocycles. The standard InChI is InChI=1S/C18H21BrN4O/c1-12-11-13(19)7-8-15(12)21-18(24)16-9-10-17(23-22-16)20-14-5-3-2-4-6-14/h7-11,14H,2-6H2,1H3,(H,20,23)(H,21,24). The minimum absolute atomic E-state index is 0.253. The maximum Gasteiger partial charge on any atom is 0.276 e. The van der Waals surface area contributed by atoms with E-state index in [9.17, 15) is 4.79 Å². The molecule has 1 aromatic carbocycles. The van der Waals surface area contributed by atoms with Crippen molar-refractivity contribution in [3.8, 4) is 0 Å². The average molecular weight is 389 g/mol. The van der Waals surface area contributed by atoms with E-state index in [0.29, 0.717) is 11.7 Å². The molecule has 24 heavy (non-hydrogen) atoms. The third-order valence-corrected chi connectivity index (χ3v) is 4.78. The van der Waals surface area contributed by atoms with Gasteiger partial charge in [0.05, 0.1) is 0 Å². The Hall–Kier alpha value is -1.95. The molecule has 1 amide bonds. The van der Waals surface area contributed by atoms with Crippen molar-refractivity contribution in [1.29, 1.82) is 0 Å². The third-order valence-electron chi connectivity index (χ3n) is 4.29. The Balaban J connectivity index is 1.62. The third kappa shape index (κ3) is 4.32. The molecule has 0 spiro atoms. The van der Waals surface area contributed by atoms with Gasteiger partial charge in [-0.1, -0.05) is 35.2 Å². The Labute approximate surface area is 150 Å². The lowest BCUT2D eigenvalue weighted by molar-refractivity contribution is 0.102. The van der Waals surface area contributed by atoms with Crippen LogP contribution in [0.5, 0.6) is 0 Å². The molecule has 1 aromatic heterocycles. The molecule has 1 aliphatic carbocycles. The van der Waals surface area contributed by atoms with Crippen LogP contribution >= 0.6 is 15.9 Å². The minimum Gasteiger partial charge on any atom is -0.366 e. The van der Waals surface area contributed by atoms with Gasteiger partial charge < -0.3 is 10.6 Å². The number of aromatic nitrogens is 2. The molecule has 2 aromatic rings. The first kappa shape index (κ1) is 16.9. The number of carbonyl (C=O) groups excluding carboxylic acids is 1. The summed E-state index contributed by atoms with van der Waals surface area (Å²) in [4.78, 5) is 12.3. The monoisotopic (exact) mass is 388 g/mol. The zero-order valence-corrected chi connectivity index (χ0v) is 15.3. The molecule has 0 atom stereocenters. The zero-order valence-electron chi connectivity index (χ0n) is 13.7. The smallest absolute Gasteiger partial charge is 0.276 e. The Morgan fingerprint density at radius 1 is 1.12 bits per heavy atom. The van der Waals surface area contributed by atoms with Crippen molar-refractivity contribution in [3.05, 3.63) is 46.1 Å². The molecule has 1 aliphatic rings. The number of amides is 1. The van der Waals surface area contributed by atoms with E-state index in [0.717, 1.165) is 21.5 Å². The summed E-state index contributed by atoms with van der Waals surface area (Å²) >= 11 is 3.41. The Kier molecular flexibility index (Phi) is 5.45. The van der Waals surface area contributed by atoms with Crippen molar-refractivity contribution in [1.82, 2.24) is 10.2 Å². The Morgan fingerprint density at radius 3 is 2.58 bits per heavy atom. The second-order valence-electron chi connectivity index (χ2n) is 6.20. The fraction of sp³-hybridized carbons (Fsp3) is 0.389. The molecule has 3 rings (SSSR count). The molecule has 0 bridgehead atoms. The SMILES string of the molecule is Cc1cc(Br)ccc1NC(=O)c1ccc(NC2CCCCC2)nn1. The first-order valence-electron chi connectivity index (χ1n) is 8.29. The van der Waals surface area contributed by atoms with E-state index in [4.69, 9.17) is 0 Å². The van der Waals surface area contributed by atoms with Crippen LogP contribution in [0.2, 0.25) is 0 Å². The molecule has 1 heterocycles. The maximum atomic E-state index is 12.3.